The number of ether oxygens (including phenoxy) is 1. The van der Waals surface area contributed by atoms with Gasteiger partial charge in [0.1, 0.15) is 0 Å². The normalized spacial score (nSPS) is 47.1. The zero-order valence-electron chi connectivity index (χ0n) is 22.1. The summed E-state index contributed by atoms with van der Waals surface area (Å²) in [5, 5.41) is 43.1. The van der Waals surface area contributed by atoms with E-state index in [1.807, 2.05) is 6.92 Å². The van der Waals surface area contributed by atoms with Gasteiger partial charge in [-0.2, -0.15) is 0 Å². The van der Waals surface area contributed by atoms with Crippen LogP contribution >= 0.6 is 11.6 Å². The molecule has 3 saturated carbocycles. The maximum Gasteiger partial charge on any atom is 0.309 e. The molecule has 0 aromatic rings. The van der Waals surface area contributed by atoms with Gasteiger partial charge in [0, 0.05) is 11.8 Å². The molecule has 6 nitrogen and oxygen atoms in total. The van der Waals surface area contributed by atoms with E-state index in [-0.39, 0.29) is 59.2 Å². The first-order chi connectivity index (χ1) is 16.4. The lowest BCUT2D eigenvalue weighted by Crippen LogP contribution is -2.55. The summed E-state index contributed by atoms with van der Waals surface area (Å²) in [6, 6.07) is 0. The van der Waals surface area contributed by atoms with Crippen LogP contribution in [0.2, 0.25) is 0 Å². The Morgan fingerprint density at radius 3 is 2.29 bits per heavy atom. The van der Waals surface area contributed by atoms with Crippen molar-refractivity contribution in [2.45, 2.75) is 97.6 Å². The fraction of sp³-hybridized carbons (Fsp3) is 0.964. The van der Waals surface area contributed by atoms with Crippen LogP contribution in [0.15, 0.2) is 0 Å². The topological polar surface area (TPSA) is 107 Å². The highest BCUT2D eigenvalue weighted by Gasteiger charge is 2.63. The van der Waals surface area contributed by atoms with E-state index in [2.05, 4.69) is 27.7 Å². The molecule has 0 aromatic heterocycles. The SMILES string of the molecule is CC(C)[C@H](C)[C@@H](O)[C@H](O)[C@@H](CCl)[C@H]1CC[C@H]2[C@@H]3COC(=O)[C@H]4C[C@H](O)[C@H](O)C[C@]4(C)[C@H]3CC[C@]12C. The lowest BCUT2D eigenvalue weighted by Gasteiger charge is -2.56. The Kier molecular flexibility index (Phi) is 7.94. The molecule has 1 aliphatic heterocycles. The van der Waals surface area contributed by atoms with Crippen molar-refractivity contribution in [3.8, 4) is 0 Å². The molecule has 1 saturated heterocycles. The molecule has 1 heterocycles. The highest BCUT2D eigenvalue weighted by Crippen LogP contribution is 2.66. The van der Waals surface area contributed by atoms with Gasteiger partial charge in [-0.05, 0) is 84.9 Å². The largest absolute Gasteiger partial charge is 0.465 e. The van der Waals surface area contributed by atoms with Gasteiger partial charge in [0.05, 0.1) is 36.9 Å². The molecular weight excluding hydrogens is 468 g/mol. The Balaban J connectivity index is 1.60. The summed E-state index contributed by atoms with van der Waals surface area (Å²) in [4.78, 5) is 13.0. The number of halogens is 1. The van der Waals surface area contributed by atoms with Crippen LogP contribution in [0.4, 0.5) is 0 Å². The Morgan fingerprint density at radius 1 is 1.00 bits per heavy atom. The number of cyclic esters (lactones) is 1. The number of fused-ring (bicyclic) bond motifs is 5. The van der Waals surface area contributed by atoms with Gasteiger partial charge in [0.15, 0.2) is 0 Å². The maximum atomic E-state index is 13.0. The average molecular weight is 515 g/mol. The van der Waals surface area contributed by atoms with Crippen molar-refractivity contribution in [3.05, 3.63) is 0 Å². The van der Waals surface area contributed by atoms with Crippen LogP contribution in [-0.2, 0) is 9.53 Å². The van der Waals surface area contributed by atoms with Crippen LogP contribution in [-0.4, -0.2) is 63.3 Å². The van der Waals surface area contributed by atoms with Crippen molar-refractivity contribution in [1.82, 2.24) is 0 Å². The third-order valence-electron chi connectivity index (χ3n) is 11.5. The van der Waals surface area contributed by atoms with Crippen molar-refractivity contribution in [1.29, 1.82) is 0 Å². The lowest BCUT2D eigenvalue weighted by atomic mass is 9.48. The second kappa shape index (κ2) is 10.1. The quantitative estimate of drug-likeness (QED) is 0.318. The summed E-state index contributed by atoms with van der Waals surface area (Å²) in [7, 11) is 0. The third kappa shape index (κ3) is 4.47. The van der Waals surface area contributed by atoms with E-state index in [4.69, 9.17) is 16.3 Å². The second-order valence-corrected chi connectivity index (χ2v) is 13.6. The van der Waals surface area contributed by atoms with Gasteiger partial charge >= 0.3 is 5.97 Å². The Bertz CT molecular complexity index is 777. The van der Waals surface area contributed by atoms with Crippen molar-refractivity contribution >= 4 is 17.6 Å². The molecule has 4 fully saturated rings. The van der Waals surface area contributed by atoms with Crippen molar-refractivity contribution in [3.63, 3.8) is 0 Å². The molecule has 4 N–H and O–H groups in total. The van der Waals surface area contributed by atoms with Crippen LogP contribution in [0, 0.1) is 58.2 Å². The van der Waals surface area contributed by atoms with E-state index in [0.717, 1.165) is 25.7 Å². The van der Waals surface area contributed by atoms with E-state index in [1.165, 1.54) is 0 Å². The molecule has 7 heteroatoms. The molecular formula is C28H47ClO6. The Labute approximate surface area is 215 Å². The lowest BCUT2D eigenvalue weighted by molar-refractivity contribution is -0.162. The van der Waals surface area contributed by atoms with Crippen LogP contribution < -0.4 is 0 Å². The number of aliphatic hydroxyl groups excluding tert-OH is 4. The van der Waals surface area contributed by atoms with Crippen molar-refractivity contribution in [2.24, 2.45) is 58.2 Å². The predicted molar refractivity (Wildman–Crippen MR) is 135 cm³/mol. The van der Waals surface area contributed by atoms with Crippen LogP contribution in [0.25, 0.3) is 0 Å². The first kappa shape index (κ1) is 27.6. The first-order valence-corrected chi connectivity index (χ1v) is 14.3. The number of esters is 1. The fourth-order valence-electron chi connectivity index (χ4n) is 8.93. The van der Waals surface area contributed by atoms with Crippen LogP contribution in [0.5, 0.6) is 0 Å². The van der Waals surface area contributed by atoms with Gasteiger partial charge in [0.25, 0.3) is 0 Å². The zero-order chi connectivity index (χ0) is 25.9. The number of hydrogen-bond acceptors (Lipinski definition) is 6. The molecule has 0 unspecified atom stereocenters. The van der Waals surface area contributed by atoms with E-state index < -0.39 is 29.8 Å². The second-order valence-electron chi connectivity index (χ2n) is 13.3. The van der Waals surface area contributed by atoms with Gasteiger partial charge in [0.2, 0.25) is 0 Å². The highest BCUT2D eigenvalue weighted by atomic mass is 35.5. The van der Waals surface area contributed by atoms with E-state index in [0.29, 0.717) is 24.8 Å². The number of aliphatic hydroxyl groups is 4. The first-order valence-electron chi connectivity index (χ1n) is 13.8. The van der Waals surface area contributed by atoms with Gasteiger partial charge in [-0.25, -0.2) is 0 Å². The fourth-order valence-corrected chi connectivity index (χ4v) is 9.33. The maximum absolute atomic E-state index is 13.0. The predicted octanol–water partition coefficient (Wildman–Crippen LogP) is 3.61. The molecule has 3 aliphatic carbocycles. The molecule has 35 heavy (non-hydrogen) atoms. The molecule has 0 aromatic carbocycles. The van der Waals surface area contributed by atoms with E-state index in [1.54, 1.807) is 0 Å². The van der Waals surface area contributed by atoms with E-state index in [9.17, 15) is 25.2 Å². The Hall–Kier alpha value is -0.400. The molecule has 4 aliphatic rings. The van der Waals surface area contributed by atoms with Crippen molar-refractivity contribution in [2.75, 3.05) is 12.5 Å². The van der Waals surface area contributed by atoms with Crippen molar-refractivity contribution < 1.29 is 30.0 Å². The molecule has 13 atom stereocenters. The summed E-state index contributed by atoms with van der Waals surface area (Å²) >= 11 is 6.50. The summed E-state index contributed by atoms with van der Waals surface area (Å²) in [6.07, 6.45) is 1.13. The van der Waals surface area contributed by atoms with Crippen LogP contribution in [0.3, 0.4) is 0 Å². The van der Waals surface area contributed by atoms with Gasteiger partial charge in [-0.3, -0.25) is 4.79 Å². The summed E-state index contributed by atoms with van der Waals surface area (Å²) < 4.78 is 5.86. The smallest absolute Gasteiger partial charge is 0.309 e. The number of rotatable bonds is 6. The summed E-state index contributed by atoms with van der Waals surface area (Å²) in [6.45, 7) is 10.9. The average Bonchev–Trinajstić information content (AvgIpc) is 3.11. The van der Waals surface area contributed by atoms with Gasteiger partial charge in [-0.15, -0.1) is 11.6 Å². The Morgan fingerprint density at radius 2 is 1.66 bits per heavy atom. The molecule has 0 spiro atoms. The standard InChI is InChI=1S/C28H47ClO6/c1-14(2)15(3)24(32)25(33)16(12-29)18-6-7-19-17-13-35-26(34)21-10-22(30)23(31)11-28(21,5)20(17)8-9-27(18,19)4/h14-25,30-33H,6-13H2,1-5H3/t15-,16-,17-,18+,19-,20-,21+,22-,23+,24+,25+,27+,28+/m0/s1. The minimum absolute atomic E-state index is 0.0253. The third-order valence-corrected chi connectivity index (χ3v) is 11.9. The minimum atomic E-state index is -0.882. The molecule has 202 valence electrons. The van der Waals surface area contributed by atoms with Gasteiger partial charge < -0.3 is 25.2 Å². The molecule has 0 radical (unpaired) electrons. The molecule has 0 bridgehead atoms. The molecule has 4 rings (SSSR count). The minimum Gasteiger partial charge on any atom is -0.465 e. The number of hydrogen-bond donors (Lipinski definition) is 4. The van der Waals surface area contributed by atoms with E-state index >= 15 is 0 Å². The van der Waals surface area contributed by atoms with Gasteiger partial charge in [-0.1, -0.05) is 34.6 Å². The zero-order valence-corrected chi connectivity index (χ0v) is 22.8. The number of carbonyl (C=O) groups is 1. The highest BCUT2D eigenvalue weighted by molar-refractivity contribution is 6.18. The number of carbonyl (C=O) groups excluding carboxylic acids is 1. The van der Waals surface area contributed by atoms with Crippen LogP contribution in [0.1, 0.15) is 73.1 Å². The monoisotopic (exact) mass is 514 g/mol. The molecule has 0 amide bonds. The number of alkyl halides is 1. The summed E-state index contributed by atoms with van der Waals surface area (Å²) in [5.41, 5.74) is -0.456. The summed E-state index contributed by atoms with van der Waals surface area (Å²) in [5.74, 6) is 0.681.